The van der Waals surface area contributed by atoms with Gasteiger partial charge in [0.15, 0.2) is 5.82 Å². The topological polar surface area (TPSA) is 95.2 Å². The van der Waals surface area contributed by atoms with Crippen LogP contribution < -0.4 is 20.5 Å². The second kappa shape index (κ2) is 6.61. The zero-order valence-corrected chi connectivity index (χ0v) is 12.4. The molecule has 3 N–H and O–H groups in total. The van der Waals surface area contributed by atoms with Crippen molar-refractivity contribution in [1.29, 1.82) is 0 Å². The minimum atomic E-state index is 0.279. The van der Waals surface area contributed by atoms with Gasteiger partial charge in [-0.25, -0.2) is 4.98 Å². The number of methoxy groups -OCH3 is 1. The van der Waals surface area contributed by atoms with Crippen molar-refractivity contribution in [3.8, 4) is 17.4 Å². The second-order valence-corrected chi connectivity index (χ2v) is 4.58. The van der Waals surface area contributed by atoms with Gasteiger partial charge in [-0.05, 0) is 36.4 Å². The normalized spacial score (nSPS) is 10.1. The van der Waals surface area contributed by atoms with Crippen LogP contribution in [0, 0.1) is 0 Å². The molecule has 0 saturated heterocycles. The highest BCUT2D eigenvalue weighted by molar-refractivity contribution is 5.72. The lowest BCUT2D eigenvalue weighted by Crippen LogP contribution is -2.03. The highest BCUT2D eigenvalue weighted by Gasteiger charge is 2.10. The Morgan fingerprint density at radius 1 is 0.957 bits per heavy atom. The molecule has 7 nitrogen and oxygen atoms in total. The summed E-state index contributed by atoms with van der Waals surface area (Å²) < 4.78 is 10.8. The molecule has 2 heterocycles. The number of pyridine rings is 1. The van der Waals surface area contributed by atoms with Crippen LogP contribution in [0.5, 0.6) is 17.4 Å². The van der Waals surface area contributed by atoms with Gasteiger partial charge in [-0.1, -0.05) is 0 Å². The van der Waals surface area contributed by atoms with Gasteiger partial charge < -0.3 is 20.5 Å². The molecule has 0 aliphatic carbocycles. The fourth-order valence-corrected chi connectivity index (χ4v) is 1.89. The molecular weight excluding hydrogens is 294 g/mol. The fourth-order valence-electron chi connectivity index (χ4n) is 1.89. The summed E-state index contributed by atoms with van der Waals surface area (Å²) in [5.74, 6) is 2.09. The van der Waals surface area contributed by atoms with E-state index >= 15 is 0 Å². The van der Waals surface area contributed by atoms with Crippen molar-refractivity contribution >= 4 is 17.2 Å². The predicted octanol–water partition coefficient (Wildman–Crippen LogP) is 3.00. The molecule has 0 aliphatic rings. The lowest BCUT2D eigenvalue weighted by Gasteiger charge is -2.11. The first-order chi connectivity index (χ1) is 11.3. The Morgan fingerprint density at radius 2 is 1.65 bits per heavy atom. The molecule has 0 saturated carbocycles. The molecule has 0 fully saturated rings. The molecule has 0 atom stereocenters. The van der Waals surface area contributed by atoms with Crippen molar-refractivity contribution in [3.63, 3.8) is 0 Å². The van der Waals surface area contributed by atoms with Crippen molar-refractivity contribution in [2.75, 3.05) is 18.2 Å². The van der Waals surface area contributed by atoms with Gasteiger partial charge in [0.05, 0.1) is 7.11 Å². The summed E-state index contributed by atoms with van der Waals surface area (Å²) in [6, 6.07) is 10.8. The third-order valence-electron chi connectivity index (χ3n) is 3.06. The van der Waals surface area contributed by atoms with E-state index in [-0.39, 0.29) is 5.88 Å². The monoisotopic (exact) mass is 309 g/mol. The third kappa shape index (κ3) is 3.46. The summed E-state index contributed by atoms with van der Waals surface area (Å²) in [6.45, 7) is 0. The summed E-state index contributed by atoms with van der Waals surface area (Å²) in [5.41, 5.74) is 7.22. The molecule has 0 aliphatic heterocycles. The number of hydrogen-bond acceptors (Lipinski definition) is 7. The van der Waals surface area contributed by atoms with Crippen LogP contribution in [0.25, 0.3) is 0 Å². The van der Waals surface area contributed by atoms with Crippen LogP contribution in [-0.4, -0.2) is 22.1 Å². The van der Waals surface area contributed by atoms with Gasteiger partial charge in [0, 0.05) is 18.1 Å². The van der Waals surface area contributed by atoms with Gasteiger partial charge in [0.25, 0.3) is 0 Å². The van der Waals surface area contributed by atoms with Gasteiger partial charge in [-0.2, -0.15) is 4.98 Å². The van der Waals surface area contributed by atoms with Gasteiger partial charge in [-0.3, -0.25) is 4.98 Å². The SMILES string of the molecule is COc1ccc(Oc2ncnc(Nc3ccncc3)c2N)cc1. The number of nitrogen functional groups attached to an aromatic ring is 1. The van der Waals surface area contributed by atoms with Gasteiger partial charge >= 0.3 is 0 Å². The number of rotatable bonds is 5. The lowest BCUT2D eigenvalue weighted by atomic mass is 10.3. The maximum absolute atomic E-state index is 6.08. The second-order valence-electron chi connectivity index (χ2n) is 4.58. The van der Waals surface area contributed by atoms with E-state index in [4.69, 9.17) is 15.2 Å². The molecule has 2 aromatic heterocycles. The Hall–Kier alpha value is -3.35. The van der Waals surface area contributed by atoms with E-state index < -0.39 is 0 Å². The number of nitrogens with one attached hydrogen (secondary N) is 1. The number of nitrogens with two attached hydrogens (primary N) is 1. The highest BCUT2D eigenvalue weighted by Crippen LogP contribution is 2.31. The molecule has 23 heavy (non-hydrogen) atoms. The fraction of sp³-hybridized carbons (Fsp3) is 0.0625. The summed E-state index contributed by atoms with van der Waals surface area (Å²) in [5, 5.41) is 3.10. The molecule has 3 aromatic rings. The molecular formula is C16H15N5O2. The maximum Gasteiger partial charge on any atom is 0.248 e. The Labute approximate surface area is 133 Å². The van der Waals surface area contributed by atoms with Crippen molar-refractivity contribution in [3.05, 3.63) is 55.1 Å². The lowest BCUT2D eigenvalue weighted by molar-refractivity contribution is 0.412. The van der Waals surface area contributed by atoms with E-state index in [0.717, 1.165) is 11.4 Å². The van der Waals surface area contributed by atoms with Crippen molar-refractivity contribution in [2.45, 2.75) is 0 Å². The average Bonchev–Trinajstić information content (AvgIpc) is 2.60. The predicted molar refractivity (Wildman–Crippen MR) is 87.0 cm³/mol. The summed E-state index contributed by atoms with van der Waals surface area (Å²) in [6.07, 6.45) is 4.74. The van der Waals surface area contributed by atoms with Crippen LogP contribution in [0.15, 0.2) is 55.1 Å². The molecule has 0 amide bonds. The molecule has 0 spiro atoms. The highest BCUT2D eigenvalue weighted by atomic mass is 16.5. The van der Waals surface area contributed by atoms with Gasteiger partial charge in [0.2, 0.25) is 5.88 Å². The summed E-state index contributed by atoms with van der Waals surface area (Å²) in [4.78, 5) is 12.2. The first kappa shape index (κ1) is 14.6. The maximum atomic E-state index is 6.08. The number of ether oxygens (including phenoxy) is 2. The van der Waals surface area contributed by atoms with Crippen molar-refractivity contribution in [2.24, 2.45) is 0 Å². The number of hydrogen-bond donors (Lipinski definition) is 2. The molecule has 116 valence electrons. The van der Waals surface area contributed by atoms with Crippen LogP contribution in [0.1, 0.15) is 0 Å². The smallest absolute Gasteiger partial charge is 0.248 e. The van der Waals surface area contributed by atoms with Crippen LogP contribution in [0.4, 0.5) is 17.2 Å². The van der Waals surface area contributed by atoms with Crippen LogP contribution in [0.2, 0.25) is 0 Å². The third-order valence-corrected chi connectivity index (χ3v) is 3.06. The molecule has 0 radical (unpaired) electrons. The Kier molecular flexibility index (Phi) is 4.19. The van der Waals surface area contributed by atoms with E-state index in [1.165, 1.54) is 6.33 Å². The standard InChI is InChI=1S/C16H15N5O2/c1-22-12-2-4-13(5-3-12)23-16-14(17)15(19-10-20-16)21-11-6-8-18-9-7-11/h2-10H,17H2,1H3,(H,18,19,20,21). The number of nitrogens with zero attached hydrogens (tertiary/aromatic N) is 3. The minimum absolute atomic E-state index is 0.279. The Balaban J connectivity index is 1.81. The van der Waals surface area contributed by atoms with Crippen LogP contribution in [0.3, 0.4) is 0 Å². The number of anilines is 3. The number of aromatic nitrogens is 3. The molecule has 0 bridgehead atoms. The average molecular weight is 309 g/mol. The summed E-state index contributed by atoms with van der Waals surface area (Å²) in [7, 11) is 1.61. The zero-order valence-electron chi connectivity index (χ0n) is 12.4. The number of benzene rings is 1. The molecule has 0 unspecified atom stereocenters. The Morgan fingerprint density at radius 3 is 2.35 bits per heavy atom. The largest absolute Gasteiger partial charge is 0.497 e. The van der Waals surface area contributed by atoms with E-state index in [0.29, 0.717) is 17.3 Å². The quantitative estimate of drug-likeness (QED) is 0.748. The van der Waals surface area contributed by atoms with E-state index in [1.807, 2.05) is 12.1 Å². The molecule has 3 rings (SSSR count). The van der Waals surface area contributed by atoms with E-state index in [2.05, 4.69) is 20.3 Å². The van der Waals surface area contributed by atoms with Crippen LogP contribution in [-0.2, 0) is 0 Å². The zero-order chi connectivity index (χ0) is 16.1. The van der Waals surface area contributed by atoms with Gasteiger partial charge in [0.1, 0.15) is 23.5 Å². The van der Waals surface area contributed by atoms with Crippen LogP contribution >= 0.6 is 0 Å². The van der Waals surface area contributed by atoms with E-state index in [1.54, 1.807) is 43.8 Å². The van der Waals surface area contributed by atoms with E-state index in [9.17, 15) is 0 Å². The summed E-state index contributed by atoms with van der Waals surface area (Å²) >= 11 is 0. The van der Waals surface area contributed by atoms with Crippen molar-refractivity contribution in [1.82, 2.24) is 15.0 Å². The first-order valence-electron chi connectivity index (χ1n) is 6.85. The first-order valence-corrected chi connectivity index (χ1v) is 6.85. The molecule has 7 heteroatoms. The van der Waals surface area contributed by atoms with Gasteiger partial charge in [-0.15, -0.1) is 0 Å². The Bertz CT molecular complexity index is 778. The molecule has 1 aromatic carbocycles. The van der Waals surface area contributed by atoms with Crippen molar-refractivity contribution < 1.29 is 9.47 Å². The minimum Gasteiger partial charge on any atom is -0.497 e.